The zero-order valence-electron chi connectivity index (χ0n) is 17.9. The van der Waals surface area contributed by atoms with E-state index >= 15 is 0 Å². The van der Waals surface area contributed by atoms with Crippen molar-refractivity contribution in [1.82, 2.24) is 0 Å². The fourth-order valence-electron chi connectivity index (χ4n) is 4.31. The van der Waals surface area contributed by atoms with Crippen LogP contribution in [0.1, 0.15) is 30.9 Å². The molecule has 0 spiro atoms. The summed E-state index contributed by atoms with van der Waals surface area (Å²) in [6.07, 6.45) is 4.41. The zero-order valence-corrected chi connectivity index (χ0v) is 18.9. The number of hydrogen-bond acceptors (Lipinski definition) is 0. The standard InChI is InChI=1S/C28H32Si/c1-5-16-23(6-2)27(24-17-10-7-11-18-24)28(25-19-12-8-13-20-25)29(3,4)26-21-14-9-15-22-26/h6-15,17-23H,2,5,16H2,1,3-4H3/b28-27+. The highest BCUT2D eigenvalue weighted by molar-refractivity contribution is 7.05. The smallest absolute Gasteiger partial charge is 0.102 e. The van der Waals surface area contributed by atoms with Crippen LogP contribution in [0, 0.1) is 5.92 Å². The Morgan fingerprint density at radius 1 is 0.793 bits per heavy atom. The number of benzene rings is 3. The van der Waals surface area contributed by atoms with Gasteiger partial charge in [-0.2, -0.15) is 0 Å². The average Bonchev–Trinajstić information content (AvgIpc) is 2.77. The van der Waals surface area contributed by atoms with Crippen LogP contribution in [0.2, 0.25) is 13.1 Å². The summed E-state index contributed by atoms with van der Waals surface area (Å²) in [6, 6.07) is 33.0. The molecule has 3 aromatic rings. The van der Waals surface area contributed by atoms with Gasteiger partial charge < -0.3 is 0 Å². The molecule has 0 saturated heterocycles. The minimum Gasteiger partial charge on any atom is -0.102 e. The van der Waals surface area contributed by atoms with E-state index in [0.29, 0.717) is 5.92 Å². The van der Waals surface area contributed by atoms with Crippen LogP contribution >= 0.6 is 0 Å². The topological polar surface area (TPSA) is 0 Å². The van der Waals surface area contributed by atoms with Gasteiger partial charge in [-0.05, 0) is 28.3 Å². The molecule has 1 unspecified atom stereocenters. The van der Waals surface area contributed by atoms with Crippen LogP contribution in [0.3, 0.4) is 0 Å². The molecule has 0 heterocycles. The first-order chi connectivity index (χ1) is 14.1. The minimum atomic E-state index is -1.97. The van der Waals surface area contributed by atoms with E-state index < -0.39 is 8.07 Å². The third kappa shape index (κ3) is 4.68. The molecule has 0 aliphatic carbocycles. The lowest BCUT2D eigenvalue weighted by atomic mass is 9.87. The van der Waals surface area contributed by atoms with E-state index in [2.05, 4.69) is 124 Å². The summed E-state index contributed by atoms with van der Waals surface area (Å²) in [6.45, 7) is 11.5. The highest BCUT2D eigenvalue weighted by Gasteiger charge is 2.33. The molecule has 0 N–H and O–H groups in total. The second-order valence-corrected chi connectivity index (χ2v) is 12.5. The lowest BCUT2D eigenvalue weighted by Crippen LogP contribution is -2.43. The quantitative estimate of drug-likeness (QED) is 0.212. The molecule has 0 nitrogen and oxygen atoms in total. The normalized spacial score (nSPS) is 13.5. The van der Waals surface area contributed by atoms with Gasteiger partial charge in [0, 0.05) is 5.92 Å². The lowest BCUT2D eigenvalue weighted by Gasteiger charge is -2.33. The largest absolute Gasteiger partial charge is 0.113 e. The fourth-order valence-corrected chi connectivity index (χ4v) is 7.52. The molecule has 0 fully saturated rings. The Bertz CT molecular complexity index is 937. The molecule has 0 saturated carbocycles. The summed E-state index contributed by atoms with van der Waals surface area (Å²) >= 11 is 0. The van der Waals surface area contributed by atoms with Crippen LogP contribution in [-0.2, 0) is 0 Å². The number of allylic oxidation sites excluding steroid dienone is 2. The van der Waals surface area contributed by atoms with E-state index in [1.54, 1.807) is 0 Å². The van der Waals surface area contributed by atoms with E-state index in [-0.39, 0.29) is 0 Å². The van der Waals surface area contributed by atoms with Gasteiger partial charge in [0.2, 0.25) is 0 Å². The first-order valence-corrected chi connectivity index (χ1v) is 13.6. The third-order valence-electron chi connectivity index (χ3n) is 5.79. The van der Waals surface area contributed by atoms with Crippen molar-refractivity contribution in [2.45, 2.75) is 32.9 Å². The predicted octanol–water partition coefficient (Wildman–Crippen LogP) is 7.35. The molecular weight excluding hydrogens is 364 g/mol. The lowest BCUT2D eigenvalue weighted by molar-refractivity contribution is 0.707. The molecule has 3 rings (SSSR count). The fraction of sp³-hybridized carbons (Fsp3) is 0.214. The molecule has 3 aromatic carbocycles. The van der Waals surface area contributed by atoms with Crippen molar-refractivity contribution in [2.75, 3.05) is 0 Å². The molecule has 1 heteroatoms. The first-order valence-electron chi connectivity index (χ1n) is 10.6. The van der Waals surface area contributed by atoms with Crippen LogP contribution in [0.5, 0.6) is 0 Å². The first kappa shape index (κ1) is 21.1. The van der Waals surface area contributed by atoms with Crippen molar-refractivity contribution in [3.05, 3.63) is 115 Å². The van der Waals surface area contributed by atoms with Gasteiger partial charge in [0.15, 0.2) is 0 Å². The predicted molar refractivity (Wildman–Crippen MR) is 132 cm³/mol. The van der Waals surface area contributed by atoms with Crippen LogP contribution in [-0.4, -0.2) is 8.07 Å². The zero-order chi connectivity index (χ0) is 20.7. The summed E-state index contributed by atoms with van der Waals surface area (Å²) in [5, 5.41) is 2.99. The van der Waals surface area contributed by atoms with Crippen molar-refractivity contribution in [3.63, 3.8) is 0 Å². The molecule has 148 valence electrons. The van der Waals surface area contributed by atoms with E-state index in [9.17, 15) is 0 Å². The van der Waals surface area contributed by atoms with E-state index in [1.165, 1.54) is 27.1 Å². The molecule has 0 aliphatic rings. The van der Waals surface area contributed by atoms with E-state index in [0.717, 1.165) is 12.8 Å². The van der Waals surface area contributed by atoms with Crippen molar-refractivity contribution in [1.29, 1.82) is 0 Å². The molecule has 0 aliphatic heterocycles. The van der Waals surface area contributed by atoms with Crippen LogP contribution in [0.15, 0.2) is 104 Å². The summed E-state index contributed by atoms with van der Waals surface area (Å²) < 4.78 is 0. The van der Waals surface area contributed by atoms with E-state index in [4.69, 9.17) is 0 Å². The second kappa shape index (κ2) is 9.71. The maximum atomic E-state index is 4.24. The van der Waals surface area contributed by atoms with Crippen molar-refractivity contribution in [2.24, 2.45) is 5.92 Å². The van der Waals surface area contributed by atoms with Crippen LogP contribution < -0.4 is 5.19 Å². The van der Waals surface area contributed by atoms with Gasteiger partial charge in [-0.1, -0.05) is 129 Å². The Labute approximate surface area is 177 Å². The molecule has 0 amide bonds. The molecule has 0 aromatic heterocycles. The van der Waals surface area contributed by atoms with Crippen molar-refractivity contribution >= 4 is 24.0 Å². The maximum Gasteiger partial charge on any atom is 0.113 e. The van der Waals surface area contributed by atoms with Gasteiger partial charge in [0.25, 0.3) is 0 Å². The van der Waals surface area contributed by atoms with Gasteiger partial charge in [-0.3, -0.25) is 0 Å². The Kier molecular flexibility index (Phi) is 7.06. The Hall–Kier alpha value is -2.64. The van der Waals surface area contributed by atoms with Gasteiger partial charge in [0.1, 0.15) is 8.07 Å². The number of hydrogen-bond donors (Lipinski definition) is 0. The average molecular weight is 397 g/mol. The highest BCUT2D eigenvalue weighted by Crippen LogP contribution is 2.40. The van der Waals surface area contributed by atoms with E-state index in [1.807, 2.05) is 0 Å². The third-order valence-corrected chi connectivity index (χ3v) is 9.38. The monoisotopic (exact) mass is 396 g/mol. The Balaban J connectivity index is 2.38. The van der Waals surface area contributed by atoms with Crippen molar-refractivity contribution in [3.8, 4) is 0 Å². The highest BCUT2D eigenvalue weighted by atomic mass is 28.3. The molecule has 1 atom stereocenters. The summed E-state index contributed by atoms with van der Waals surface area (Å²) in [5.74, 6) is 0.341. The summed E-state index contributed by atoms with van der Waals surface area (Å²) in [4.78, 5) is 0. The Morgan fingerprint density at radius 3 is 1.76 bits per heavy atom. The summed E-state index contributed by atoms with van der Waals surface area (Å²) in [7, 11) is -1.97. The summed E-state index contributed by atoms with van der Waals surface area (Å²) in [5.41, 5.74) is 4.12. The minimum absolute atomic E-state index is 0.341. The van der Waals surface area contributed by atoms with Gasteiger partial charge >= 0.3 is 0 Å². The molecule has 0 radical (unpaired) electrons. The van der Waals surface area contributed by atoms with Gasteiger partial charge in [-0.25, -0.2) is 0 Å². The second-order valence-electron chi connectivity index (χ2n) is 8.14. The molecule has 29 heavy (non-hydrogen) atoms. The molecular formula is C28H32Si. The number of rotatable bonds is 8. The molecule has 0 bridgehead atoms. The van der Waals surface area contributed by atoms with Gasteiger partial charge in [0.05, 0.1) is 0 Å². The van der Waals surface area contributed by atoms with Gasteiger partial charge in [-0.15, -0.1) is 6.58 Å². The van der Waals surface area contributed by atoms with Crippen LogP contribution in [0.4, 0.5) is 0 Å². The Morgan fingerprint density at radius 2 is 1.28 bits per heavy atom. The maximum absolute atomic E-state index is 4.24. The van der Waals surface area contributed by atoms with Crippen LogP contribution in [0.25, 0.3) is 10.8 Å². The van der Waals surface area contributed by atoms with Crippen molar-refractivity contribution < 1.29 is 0 Å². The SMILES string of the molecule is C=CC(CCC)/C(=C(/c1ccccc1)[Si](C)(C)c1ccccc1)c1ccccc1.